The molecule has 0 spiro atoms. The van der Waals surface area contributed by atoms with E-state index in [1.165, 1.54) is 0 Å². The first-order valence-electron chi connectivity index (χ1n) is 3.18. The van der Waals surface area contributed by atoms with Gasteiger partial charge in [0.05, 0.1) is 5.56 Å². The van der Waals surface area contributed by atoms with Gasteiger partial charge < -0.3 is 10.2 Å². The normalized spacial score (nSPS) is 9.45. The average Bonchev–Trinajstić information content (AvgIpc) is 2.04. The number of carbonyl (C=O) groups excluding carboxylic acids is 1. The van der Waals surface area contributed by atoms with Gasteiger partial charge in [-0.25, -0.2) is 0 Å². The monoisotopic (exact) mass is 167 g/mol. The van der Waals surface area contributed by atoms with Crippen molar-refractivity contribution in [3.05, 3.63) is 29.8 Å². The second kappa shape index (κ2) is 3.20. The van der Waals surface area contributed by atoms with E-state index < -0.39 is 5.91 Å². The van der Waals surface area contributed by atoms with Crippen molar-refractivity contribution in [2.75, 3.05) is 0 Å². The number of hydrogen-bond acceptors (Lipinski definition) is 2. The lowest BCUT2D eigenvalue weighted by molar-refractivity contribution is 0.0999. The summed E-state index contributed by atoms with van der Waals surface area (Å²) in [5, 5.41) is 0. The van der Waals surface area contributed by atoms with Crippen LogP contribution >= 0.6 is 0 Å². The zero-order valence-electron chi connectivity index (χ0n) is 6.20. The van der Waals surface area contributed by atoms with Gasteiger partial charge in [0.1, 0.15) is 5.75 Å². The van der Waals surface area contributed by atoms with Crippen molar-refractivity contribution in [1.29, 1.82) is 0 Å². The molecule has 1 aromatic rings. The summed E-state index contributed by atoms with van der Waals surface area (Å²) in [5.74, 6) is 0.128. The Bertz CT molecular complexity index is 275. The molecule has 0 radical (unpaired) electrons. The Balaban J connectivity index is 3.12. The first kappa shape index (κ1) is 7.81. The third kappa shape index (κ3) is 1.59. The summed E-state index contributed by atoms with van der Waals surface area (Å²) in [7, 11) is 0.563. The predicted molar refractivity (Wildman–Crippen MR) is 45.5 cm³/mol. The van der Waals surface area contributed by atoms with Gasteiger partial charge >= 0.3 is 0 Å². The van der Waals surface area contributed by atoms with Gasteiger partial charge in [-0.1, -0.05) is 12.1 Å². The molecular weight excluding hydrogens is 158 g/mol. The Morgan fingerprint density at radius 3 is 2.55 bits per heavy atom. The Morgan fingerprint density at radius 2 is 2.09 bits per heavy atom. The lowest BCUT2D eigenvalue weighted by Gasteiger charge is -2.03. The van der Waals surface area contributed by atoms with Crippen molar-refractivity contribution in [3.8, 4) is 5.75 Å². The number of carbonyl (C=O) groups is 1. The summed E-state index contributed by atoms with van der Waals surface area (Å²) < 4.78 is 5.04. The van der Waals surface area contributed by atoms with E-state index in [-0.39, 0.29) is 0 Å². The first-order chi connectivity index (χ1) is 5.25. The maximum Gasteiger partial charge on any atom is 0.252 e. The van der Waals surface area contributed by atoms with Gasteiger partial charge in [-0.15, -0.1) is 0 Å². The van der Waals surface area contributed by atoms with Crippen LogP contribution in [0, 0.1) is 0 Å². The van der Waals surface area contributed by atoms with E-state index in [0.717, 1.165) is 0 Å². The number of rotatable bonds is 2. The maximum absolute atomic E-state index is 10.7. The van der Waals surface area contributed by atoms with Crippen LogP contribution in [-0.4, -0.2) is 16.4 Å². The van der Waals surface area contributed by atoms with Crippen LogP contribution in [0.4, 0.5) is 0 Å². The summed E-state index contributed by atoms with van der Waals surface area (Å²) in [6.45, 7) is 0. The lowest BCUT2D eigenvalue weighted by atomic mass is 10.2. The predicted octanol–water partition coefficient (Wildman–Crippen LogP) is -0.555. The van der Waals surface area contributed by atoms with E-state index in [9.17, 15) is 4.79 Å². The van der Waals surface area contributed by atoms with Crippen LogP contribution in [0.2, 0.25) is 0 Å². The SMILES string of the molecule is NC(=O)c1ccccc1O[SiH3]. The molecule has 0 heterocycles. The molecule has 0 saturated heterocycles. The smallest absolute Gasteiger partial charge is 0.252 e. The number of para-hydroxylation sites is 1. The fourth-order valence-electron chi connectivity index (χ4n) is 0.848. The van der Waals surface area contributed by atoms with Crippen LogP contribution in [0.5, 0.6) is 5.75 Å². The summed E-state index contributed by atoms with van der Waals surface area (Å²) in [4.78, 5) is 10.7. The molecule has 58 valence electrons. The van der Waals surface area contributed by atoms with Crippen molar-refractivity contribution in [2.24, 2.45) is 5.73 Å². The van der Waals surface area contributed by atoms with Crippen LogP contribution < -0.4 is 10.2 Å². The average molecular weight is 167 g/mol. The number of amides is 1. The molecule has 2 N–H and O–H groups in total. The molecule has 1 amide bonds. The zero-order valence-corrected chi connectivity index (χ0v) is 8.20. The molecule has 0 saturated carbocycles. The molecule has 11 heavy (non-hydrogen) atoms. The van der Waals surface area contributed by atoms with E-state index in [1.54, 1.807) is 24.3 Å². The third-order valence-electron chi connectivity index (χ3n) is 1.37. The van der Waals surface area contributed by atoms with Crippen molar-refractivity contribution in [3.63, 3.8) is 0 Å². The quantitative estimate of drug-likeness (QED) is 0.601. The molecule has 0 aliphatic rings. The second-order valence-electron chi connectivity index (χ2n) is 2.06. The lowest BCUT2D eigenvalue weighted by Crippen LogP contribution is -2.12. The molecule has 0 aliphatic heterocycles. The van der Waals surface area contributed by atoms with Gasteiger partial charge in [0, 0.05) is 0 Å². The van der Waals surface area contributed by atoms with Crippen LogP contribution in [0.15, 0.2) is 24.3 Å². The minimum atomic E-state index is -0.448. The summed E-state index contributed by atoms with van der Waals surface area (Å²) in [5.41, 5.74) is 5.53. The molecule has 0 bridgehead atoms. The van der Waals surface area contributed by atoms with E-state index in [2.05, 4.69) is 0 Å². The van der Waals surface area contributed by atoms with Gasteiger partial charge in [-0.05, 0) is 12.1 Å². The highest BCUT2D eigenvalue weighted by molar-refractivity contribution is 6.02. The fourth-order valence-corrected chi connectivity index (χ4v) is 1.20. The van der Waals surface area contributed by atoms with E-state index in [0.29, 0.717) is 21.8 Å². The molecule has 3 nitrogen and oxygen atoms in total. The Morgan fingerprint density at radius 1 is 1.45 bits per heavy atom. The number of primary amides is 1. The zero-order chi connectivity index (χ0) is 8.27. The van der Waals surface area contributed by atoms with Gasteiger partial charge in [0.15, 0.2) is 0 Å². The summed E-state index contributed by atoms with van der Waals surface area (Å²) in [6, 6.07) is 6.94. The van der Waals surface area contributed by atoms with Crippen molar-refractivity contribution in [1.82, 2.24) is 0 Å². The van der Waals surface area contributed by atoms with Crippen LogP contribution in [0.3, 0.4) is 0 Å². The number of hydrogen-bond donors (Lipinski definition) is 1. The van der Waals surface area contributed by atoms with Crippen LogP contribution in [0.1, 0.15) is 10.4 Å². The maximum atomic E-state index is 10.7. The van der Waals surface area contributed by atoms with Gasteiger partial charge in [0.2, 0.25) is 10.5 Å². The molecule has 0 aliphatic carbocycles. The highest BCUT2D eigenvalue weighted by Crippen LogP contribution is 2.15. The van der Waals surface area contributed by atoms with Gasteiger partial charge in [-0.3, -0.25) is 4.79 Å². The molecule has 0 atom stereocenters. The molecule has 1 aromatic carbocycles. The first-order valence-corrected chi connectivity index (χ1v) is 4.00. The van der Waals surface area contributed by atoms with E-state index in [1.807, 2.05) is 0 Å². The Hall–Kier alpha value is -1.29. The molecule has 1 rings (SSSR count). The highest BCUT2D eigenvalue weighted by atomic mass is 28.2. The standard InChI is InChI=1S/C7H9NO2Si/c8-7(9)5-3-1-2-4-6(5)10-11/h1-4H,11H3,(H2,8,9). The number of nitrogens with two attached hydrogens (primary N) is 1. The summed E-state index contributed by atoms with van der Waals surface area (Å²) >= 11 is 0. The minimum Gasteiger partial charge on any atom is -0.553 e. The Labute approximate surface area is 67.7 Å². The third-order valence-corrected chi connectivity index (χ3v) is 1.81. The highest BCUT2D eigenvalue weighted by Gasteiger charge is 2.04. The van der Waals surface area contributed by atoms with Gasteiger partial charge in [-0.2, -0.15) is 0 Å². The van der Waals surface area contributed by atoms with Gasteiger partial charge in [0.25, 0.3) is 5.91 Å². The summed E-state index contributed by atoms with van der Waals surface area (Å²) in [6.07, 6.45) is 0. The van der Waals surface area contributed by atoms with E-state index in [4.69, 9.17) is 10.2 Å². The van der Waals surface area contributed by atoms with Crippen molar-refractivity contribution >= 4 is 16.4 Å². The van der Waals surface area contributed by atoms with Crippen LogP contribution in [0.25, 0.3) is 0 Å². The number of benzene rings is 1. The van der Waals surface area contributed by atoms with Crippen molar-refractivity contribution < 1.29 is 9.22 Å². The van der Waals surface area contributed by atoms with E-state index >= 15 is 0 Å². The molecule has 0 fully saturated rings. The molecule has 0 unspecified atom stereocenters. The molecule has 0 aromatic heterocycles. The minimum absolute atomic E-state index is 0.447. The fraction of sp³-hybridized carbons (Fsp3) is 0. The Kier molecular flexibility index (Phi) is 2.27. The molecule has 4 heteroatoms. The molecular formula is C7H9NO2Si. The van der Waals surface area contributed by atoms with Crippen molar-refractivity contribution in [2.45, 2.75) is 0 Å². The van der Waals surface area contributed by atoms with Crippen LogP contribution in [-0.2, 0) is 0 Å². The largest absolute Gasteiger partial charge is 0.553 e. The topological polar surface area (TPSA) is 52.3 Å². The second-order valence-corrected chi connectivity index (χ2v) is 2.47.